The molecule has 4 aromatic rings. The first kappa shape index (κ1) is 22.8. The second-order valence-electron chi connectivity index (χ2n) is 8.59. The standard InChI is InChI=1S/C23H21FN8O2.H2S/c1-12-11-30(20-16-15(33)7-9-26-19(16)27-23(25)28-20)17(12)21-29-31-10-8-14(24)18(31)22(34)32(21)13-5-3-2-4-6-13;/h2-6,8,10,12,17H,7,9,11H2,1H3,(H3,25,26,27,28);1H2/t12?,17-;/m0./s1. The van der Waals surface area contributed by atoms with E-state index in [9.17, 15) is 14.0 Å². The first-order valence-corrected chi connectivity index (χ1v) is 11.0. The highest BCUT2D eigenvalue weighted by Gasteiger charge is 2.44. The van der Waals surface area contributed by atoms with Crippen LogP contribution in [0.1, 0.15) is 35.6 Å². The summed E-state index contributed by atoms with van der Waals surface area (Å²) in [5.41, 5.74) is 6.28. The third-order valence-corrected chi connectivity index (χ3v) is 6.40. The van der Waals surface area contributed by atoms with Gasteiger partial charge in [0.25, 0.3) is 5.56 Å². The van der Waals surface area contributed by atoms with E-state index in [0.717, 1.165) is 0 Å². The van der Waals surface area contributed by atoms with Gasteiger partial charge in [-0.2, -0.15) is 28.6 Å². The van der Waals surface area contributed by atoms with E-state index in [1.807, 2.05) is 17.9 Å². The smallest absolute Gasteiger partial charge is 0.285 e. The number of halogens is 1. The topological polar surface area (TPSA) is 123 Å². The average Bonchev–Trinajstić information content (AvgIpc) is 3.18. The van der Waals surface area contributed by atoms with E-state index < -0.39 is 17.4 Å². The molecule has 3 aromatic heterocycles. The molecule has 0 aliphatic carbocycles. The number of nitrogens with two attached hydrogens (primary N) is 1. The number of hydrogen-bond donors (Lipinski definition) is 2. The SMILES string of the molecule is CC1CN(c2nc(N)nc3c2C(=O)CCN3)[C@@H]1c1nn2ccc(F)c2c(=O)n1-c1ccccc1.S. The minimum absolute atomic E-state index is 0. The van der Waals surface area contributed by atoms with Crippen LogP contribution in [-0.2, 0) is 0 Å². The molecule has 6 rings (SSSR count). The Hall–Kier alpha value is -3.93. The summed E-state index contributed by atoms with van der Waals surface area (Å²) in [6, 6.07) is 9.80. The van der Waals surface area contributed by atoms with Gasteiger partial charge in [0.15, 0.2) is 22.9 Å². The van der Waals surface area contributed by atoms with Gasteiger partial charge in [0, 0.05) is 31.6 Å². The second-order valence-corrected chi connectivity index (χ2v) is 8.59. The van der Waals surface area contributed by atoms with Crippen LogP contribution in [0.4, 0.5) is 22.0 Å². The van der Waals surface area contributed by atoms with Crippen molar-refractivity contribution in [3.8, 4) is 5.69 Å². The van der Waals surface area contributed by atoms with Crippen LogP contribution in [-0.4, -0.2) is 43.0 Å². The molecule has 0 radical (unpaired) electrons. The van der Waals surface area contributed by atoms with Crippen LogP contribution in [0.2, 0.25) is 0 Å². The van der Waals surface area contributed by atoms with E-state index >= 15 is 0 Å². The van der Waals surface area contributed by atoms with Crippen molar-refractivity contribution in [2.24, 2.45) is 5.92 Å². The number of nitrogen functional groups attached to an aromatic ring is 1. The zero-order chi connectivity index (χ0) is 23.6. The van der Waals surface area contributed by atoms with E-state index in [4.69, 9.17) is 5.73 Å². The highest BCUT2D eigenvalue weighted by molar-refractivity contribution is 7.59. The molecule has 3 N–H and O–H groups in total. The molecule has 1 unspecified atom stereocenters. The number of fused-ring (bicyclic) bond motifs is 2. The average molecular weight is 495 g/mol. The second kappa shape index (κ2) is 8.38. The minimum atomic E-state index is -0.637. The Morgan fingerprint density at radius 3 is 2.66 bits per heavy atom. The number of carbonyl (C=O) groups is 1. The molecular formula is C23H23FN8O2S. The third-order valence-electron chi connectivity index (χ3n) is 6.40. The van der Waals surface area contributed by atoms with Crippen molar-refractivity contribution in [1.29, 1.82) is 0 Å². The van der Waals surface area contributed by atoms with Crippen LogP contribution in [0, 0.1) is 11.7 Å². The third kappa shape index (κ3) is 3.43. The Kier molecular flexibility index (Phi) is 5.47. The van der Waals surface area contributed by atoms with Crippen molar-refractivity contribution in [2.45, 2.75) is 19.4 Å². The lowest BCUT2D eigenvalue weighted by atomic mass is 9.88. The quantitative estimate of drug-likeness (QED) is 0.445. The van der Waals surface area contributed by atoms with Gasteiger partial charge in [-0.25, -0.2) is 8.91 Å². The summed E-state index contributed by atoms with van der Waals surface area (Å²) < 4.78 is 17.2. The van der Waals surface area contributed by atoms with Crippen molar-refractivity contribution in [3.63, 3.8) is 0 Å². The maximum absolute atomic E-state index is 14.5. The molecule has 0 spiro atoms. The Balaban J connectivity index is 0.00000253. The van der Waals surface area contributed by atoms with Crippen LogP contribution in [0.5, 0.6) is 0 Å². The van der Waals surface area contributed by atoms with Crippen LogP contribution < -0.4 is 21.5 Å². The Morgan fingerprint density at radius 1 is 1.14 bits per heavy atom. The van der Waals surface area contributed by atoms with Gasteiger partial charge in [0.1, 0.15) is 17.2 Å². The van der Waals surface area contributed by atoms with Gasteiger partial charge in [-0.15, -0.1) is 0 Å². The number of benzene rings is 1. The summed E-state index contributed by atoms with van der Waals surface area (Å²) in [6.07, 6.45) is 1.75. The molecule has 5 heterocycles. The Labute approximate surface area is 206 Å². The maximum atomic E-state index is 14.5. The van der Waals surface area contributed by atoms with Gasteiger partial charge >= 0.3 is 0 Å². The number of nitrogens with one attached hydrogen (secondary N) is 1. The van der Waals surface area contributed by atoms with Crippen molar-refractivity contribution < 1.29 is 9.18 Å². The molecule has 0 bridgehead atoms. The molecule has 1 saturated heterocycles. The number of para-hydroxylation sites is 1. The normalized spacial score (nSPS) is 19.0. The van der Waals surface area contributed by atoms with Crippen molar-refractivity contribution >= 4 is 42.4 Å². The van der Waals surface area contributed by atoms with Crippen molar-refractivity contribution in [1.82, 2.24) is 24.1 Å². The first-order chi connectivity index (χ1) is 16.4. The summed E-state index contributed by atoms with van der Waals surface area (Å²) >= 11 is 0. The van der Waals surface area contributed by atoms with E-state index in [1.165, 1.54) is 21.3 Å². The van der Waals surface area contributed by atoms with Gasteiger partial charge < -0.3 is 16.0 Å². The fourth-order valence-electron chi connectivity index (χ4n) is 4.85. The summed E-state index contributed by atoms with van der Waals surface area (Å²) in [5, 5.41) is 7.78. The largest absolute Gasteiger partial charge is 0.369 e. The summed E-state index contributed by atoms with van der Waals surface area (Å²) in [6.45, 7) is 3.08. The molecule has 0 saturated carbocycles. The van der Waals surface area contributed by atoms with E-state index in [1.54, 1.807) is 24.3 Å². The van der Waals surface area contributed by atoms with Crippen molar-refractivity contribution in [3.05, 3.63) is 70.2 Å². The highest BCUT2D eigenvalue weighted by Crippen LogP contribution is 2.44. The number of anilines is 3. The molecule has 1 fully saturated rings. The van der Waals surface area contributed by atoms with Crippen LogP contribution >= 0.6 is 13.5 Å². The lowest BCUT2D eigenvalue weighted by Gasteiger charge is -2.48. The minimum Gasteiger partial charge on any atom is -0.369 e. The number of nitrogens with zero attached hydrogens (tertiary/aromatic N) is 6. The molecule has 2 aliphatic rings. The molecule has 1 aromatic carbocycles. The number of rotatable bonds is 3. The van der Waals surface area contributed by atoms with Gasteiger partial charge in [-0.05, 0) is 18.2 Å². The van der Waals surface area contributed by atoms with Crippen LogP contribution in [0.25, 0.3) is 11.2 Å². The molecule has 12 heteroatoms. The highest BCUT2D eigenvalue weighted by atomic mass is 32.1. The first-order valence-electron chi connectivity index (χ1n) is 11.0. The van der Waals surface area contributed by atoms with E-state index in [2.05, 4.69) is 20.4 Å². The lowest BCUT2D eigenvalue weighted by molar-refractivity contribution is 0.0982. The molecule has 180 valence electrons. The maximum Gasteiger partial charge on any atom is 0.285 e. The fraction of sp³-hybridized carbons (Fsp3) is 0.261. The van der Waals surface area contributed by atoms with E-state index in [0.29, 0.717) is 48.2 Å². The van der Waals surface area contributed by atoms with Gasteiger partial charge in [-0.1, -0.05) is 25.1 Å². The molecule has 35 heavy (non-hydrogen) atoms. The molecule has 10 nitrogen and oxygen atoms in total. The number of carbonyl (C=O) groups excluding carboxylic acids is 1. The van der Waals surface area contributed by atoms with Crippen LogP contribution in [0.3, 0.4) is 0 Å². The fourth-order valence-corrected chi connectivity index (χ4v) is 4.85. The number of Topliss-reactive ketones (excluding diaryl/α,β-unsaturated/α-hetero) is 1. The zero-order valence-electron chi connectivity index (χ0n) is 18.8. The molecular weight excluding hydrogens is 471 g/mol. The number of aromatic nitrogens is 5. The van der Waals surface area contributed by atoms with Crippen molar-refractivity contribution in [2.75, 3.05) is 29.0 Å². The Bertz CT molecular complexity index is 1520. The van der Waals surface area contributed by atoms with Gasteiger partial charge in [-0.3, -0.25) is 14.2 Å². The summed E-state index contributed by atoms with van der Waals surface area (Å²) in [4.78, 5) is 36.8. The molecule has 2 atom stereocenters. The lowest BCUT2D eigenvalue weighted by Crippen LogP contribution is -2.52. The summed E-state index contributed by atoms with van der Waals surface area (Å²) in [7, 11) is 0. The van der Waals surface area contributed by atoms with Crippen LogP contribution in [0.15, 0.2) is 47.4 Å². The zero-order valence-corrected chi connectivity index (χ0v) is 19.8. The number of hydrogen-bond acceptors (Lipinski definition) is 8. The van der Waals surface area contributed by atoms with Gasteiger partial charge in [0.2, 0.25) is 5.95 Å². The monoisotopic (exact) mass is 494 g/mol. The Morgan fingerprint density at radius 2 is 1.91 bits per heavy atom. The number of ketones is 1. The summed E-state index contributed by atoms with van der Waals surface area (Å²) in [5.74, 6) is 0.646. The predicted octanol–water partition coefficient (Wildman–Crippen LogP) is 2.31. The molecule has 2 aliphatic heterocycles. The van der Waals surface area contributed by atoms with E-state index in [-0.39, 0.29) is 36.7 Å². The van der Waals surface area contributed by atoms with Gasteiger partial charge in [0.05, 0.1) is 11.7 Å². The predicted molar refractivity (Wildman–Crippen MR) is 134 cm³/mol. The molecule has 0 amide bonds.